The Balaban J connectivity index is 2.17. The van der Waals surface area contributed by atoms with Crippen molar-refractivity contribution in [3.8, 4) is 0 Å². The van der Waals surface area contributed by atoms with Crippen molar-refractivity contribution in [2.24, 2.45) is 0 Å². The summed E-state index contributed by atoms with van der Waals surface area (Å²) in [5.74, 6) is 1.15. The second-order valence-electron chi connectivity index (χ2n) is 3.31. The first-order valence-corrected chi connectivity index (χ1v) is 6.77. The molecule has 86 valence electrons. The van der Waals surface area contributed by atoms with Gasteiger partial charge in [0.15, 0.2) is 9.84 Å². The Kier molecular flexibility index (Phi) is 4.77. The molecule has 0 saturated carbocycles. The van der Waals surface area contributed by atoms with E-state index in [4.69, 9.17) is 4.52 Å². The molecule has 0 aliphatic heterocycles. The third-order valence-corrected chi connectivity index (χ3v) is 3.75. The maximum Gasteiger partial charge on any atom is 0.151 e. The highest BCUT2D eigenvalue weighted by Crippen LogP contribution is 1.96. The number of hydrogen-bond donors (Lipinski definition) is 1. The lowest BCUT2D eigenvalue weighted by Gasteiger charge is -2.03. The van der Waals surface area contributed by atoms with Crippen LogP contribution in [0, 0.1) is 0 Å². The smallest absolute Gasteiger partial charge is 0.151 e. The number of sulfone groups is 1. The van der Waals surface area contributed by atoms with Crippen LogP contribution in [0.25, 0.3) is 0 Å². The van der Waals surface area contributed by atoms with Crippen LogP contribution in [0.4, 0.5) is 0 Å². The molecule has 6 heteroatoms. The lowest BCUT2D eigenvalue weighted by atomic mass is 10.4. The highest BCUT2D eigenvalue weighted by Gasteiger charge is 2.08. The molecular weight excluding hydrogens is 216 g/mol. The molecule has 0 aliphatic rings. The van der Waals surface area contributed by atoms with Gasteiger partial charge in [0.25, 0.3) is 0 Å². The minimum Gasteiger partial charge on any atom is -0.360 e. The first-order chi connectivity index (χ1) is 7.14. The zero-order valence-corrected chi connectivity index (χ0v) is 9.59. The molecule has 15 heavy (non-hydrogen) atoms. The molecule has 0 amide bonds. The summed E-state index contributed by atoms with van der Waals surface area (Å²) < 4.78 is 27.5. The molecule has 5 nitrogen and oxygen atoms in total. The minimum atomic E-state index is -2.88. The second-order valence-corrected chi connectivity index (χ2v) is 5.61. The van der Waals surface area contributed by atoms with E-state index in [0.29, 0.717) is 25.3 Å². The van der Waals surface area contributed by atoms with E-state index in [1.165, 1.54) is 0 Å². The molecular formula is C9H16N2O3S. The van der Waals surface area contributed by atoms with Gasteiger partial charge in [0, 0.05) is 18.4 Å². The minimum absolute atomic E-state index is 0.176. The van der Waals surface area contributed by atoms with Gasteiger partial charge in [-0.1, -0.05) is 12.1 Å². The average molecular weight is 232 g/mol. The number of rotatable bonds is 7. The summed E-state index contributed by atoms with van der Waals surface area (Å²) in [6.45, 7) is 2.82. The van der Waals surface area contributed by atoms with Crippen LogP contribution in [0.15, 0.2) is 16.8 Å². The van der Waals surface area contributed by atoms with Gasteiger partial charge < -0.3 is 9.84 Å². The Morgan fingerprint density at radius 2 is 2.27 bits per heavy atom. The lowest BCUT2D eigenvalue weighted by Crippen LogP contribution is -2.23. The summed E-state index contributed by atoms with van der Waals surface area (Å²) in [5, 5.41) is 6.54. The van der Waals surface area contributed by atoms with Gasteiger partial charge in [-0.05, 0) is 6.42 Å². The number of aromatic nitrogens is 1. The first kappa shape index (κ1) is 12.2. The van der Waals surface area contributed by atoms with Crippen molar-refractivity contribution < 1.29 is 12.9 Å². The van der Waals surface area contributed by atoms with E-state index in [-0.39, 0.29) is 11.5 Å². The Bertz CT molecular complexity index is 359. The van der Waals surface area contributed by atoms with Crippen LogP contribution in [0.2, 0.25) is 0 Å². The van der Waals surface area contributed by atoms with Crippen molar-refractivity contribution in [2.75, 3.05) is 18.1 Å². The summed E-state index contributed by atoms with van der Waals surface area (Å²) >= 11 is 0. The summed E-state index contributed by atoms with van der Waals surface area (Å²) in [6.07, 6.45) is 2.23. The van der Waals surface area contributed by atoms with Gasteiger partial charge >= 0.3 is 0 Å². The van der Waals surface area contributed by atoms with Crippen molar-refractivity contribution in [2.45, 2.75) is 19.9 Å². The summed E-state index contributed by atoms with van der Waals surface area (Å²) in [6, 6.07) is 1.74. The zero-order valence-electron chi connectivity index (χ0n) is 8.77. The lowest BCUT2D eigenvalue weighted by molar-refractivity contribution is 0.374. The van der Waals surface area contributed by atoms with Crippen molar-refractivity contribution in [1.29, 1.82) is 0 Å². The standard InChI is InChI=1S/C9H16N2O3S/c1-2-6-15(12,13)7-5-10-8-9-3-4-11-14-9/h3-4,10H,2,5-8H2,1H3. The van der Waals surface area contributed by atoms with Crippen LogP contribution >= 0.6 is 0 Å². The van der Waals surface area contributed by atoms with Crippen molar-refractivity contribution in [3.63, 3.8) is 0 Å². The predicted molar refractivity (Wildman–Crippen MR) is 57.2 cm³/mol. The van der Waals surface area contributed by atoms with Crippen LogP contribution in [0.3, 0.4) is 0 Å². The van der Waals surface area contributed by atoms with E-state index in [1.54, 1.807) is 12.3 Å². The molecule has 0 aliphatic carbocycles. The van der Waals surface area contributed by atoms with Crippen LogP contribution in [-0.2, 0) is 16.4 Å². The van der Waals surface area contributed by atoms with E-state index in [1.807, 2.05) is 6.92 Å². The van der Waals surface area contributed by atoms with E-state index in [9.17, 15) is 8.42 Å². The summed E-state index contributed by atoms with van der Waals surface area (Å²) in [4.78, 5) is 0. The van der Waals surface area contributed by atoms with Gasteiger partial charge in [0.2, 0.25) is 0 Å². The number of nitrogens with zero attached hydrogens (tertiary/aromatic N) is 1. The van der Waals surface area contributed by atoms with E-state index >= 15 is 0 Å². The Hall–Kier alpha value is -0.880. The van der Waals surface area contributed by atoms with Gasteiger partial charge in [-0.2, -0.15) is 0 Å². The monoisotopic (exact) mass is 232 g/mol. The average Bonchev–Trinajstić information content (AvgIpc) is 2.65. The largest absolute Gasteiger partial charge is 0.360 e. The quantitative estimate of drug-likeness (QED) is 0.696. The van der Waals surface area contributed by atoms with E-state index in [0.717, 1.165) is 0 Å². The highest BCUT2D eigenvalue weighted by atomic mass is 32.2. The molecule has 1 rings (SSSR count). The topological polar surface area (TPSA) is 72.2 Å². The van der Waals surface area contributed by atoms with Gasteiger partial charge in [-0.15, -0.1) is 0 Å². The third-order valence-electron chi connectivity index (χ3n) is 1.90. The van der Waals surface area contributed by atoms with Gasteiger partial charge in [-0.25, -0.2) is 8.42 Å². The predicted octanol–water partition coefficient (Wildman–Crippen LogP) is 0.589. The van der Waals surface area contributed by atoms with Crippen molar-refractivity contribution >= 4 is 9.84 Å². The molecule has 0 fully saturated rings. The van der Waals surface area contributed by atoms with Crippen LogP contribution in [-0.4, -0.2) is 31.6 Å². The molecule has 1 aromatic rings. The van der Waals surface area contributed by atoms with E-state index < -0.39 is 9.84 Å². The molecule has 1 N–H and O–H groups in total. The highest BCUT2D eigenvalue weighted by molar-refractivity contribution is 7.91. The number of nitrogens with one attached hydrogen (secondary N) is 1. The maximum atomic E-state index is 11.3. The molecule has 0 aromatic carbocycles. The Labute approximate surface area is 89.8 Å². The zero-order chi connectivity index (χ0) is 11.1. The summed E-state index contributed by atoms with van der Waals surface area (Å²) in [7, 11) is -2.88. The Morgan fingerprint density at radius 1 is 1.47 bits per heavy atom. The van der Waals surface area contributed by atoms with Gasteiger partial charge in [-0.3, -0.25) is 0 Å². The maximum absolute atomic E-state index is 11.3. The van der Waals surface area contributed by atoms with Crippen LogP contribution in [0.5, 0.6) is 0 Å². The van der Waals surface area contributed by atoms with Gasteiger partial charge in [0.05, 0.1) is 18.5 Å². The Morgan fingerprint density at radius 3 is 2.87 bits per heavy atom. The fraction of sp³-hybridized carbons (Fsp3) is 0.667. The molecule has 0 saturated heterocycles. The second kappa shape index (κ2) is 5.87. The summed E-state index contributed by atoms with van der Waals surface area (Å²) in [5.41, 5.74) is 0. The number of hydrogen-bond acceptors (Lipinski definition) is 5. The van der Waals surface area contributed by atoms with Crippen molar-refractivity contribution in [1.82, 2.24) is 10.5 Å². The third kappa shape index (κ3) is 4.94. The SMILES string of the molecule is CCCS(=O)(=O)CCNCc1ccno1. The molecule has 1 aromatic heterocycles. The van der Waals surface area contributed by atoms with Crippen molar-refractivity contribution in [3.05, 3.63) is 18.0 Å². The first-order valence-electron chi connectivity index (χ1n) is 4.95. The van der Waals surface area contributed by atoms with E-state index in [2.05, 4.69) is 10.5 Å². The molecule has 0 radical (unpaired) electrons. The molecule has 0 atom stereocenters. The van der Waals surface area contributed by atoms with Gasteiger partial charge in [0.1, 0.15) is 5.76 Å². The van der Waals surface area contributed by atoms with Crippen LogP contribution < -0.4 is 5.32 Å². The van der Waals surface area contributed by atoms with Crippen LogP contribution in [0.1, 0.15) is 19.1 Å². The molecule has 0 bridgehead atoms. The fourth-order valence-electron chi connectivity index (χ4n) is 1.19. The molecule has 1 heterocycles. The fourth-order valence-corrected chi connectivity index (χ4v) is 2.47. The molecule has 0 unspecified atom stereocenters. The molecule has 0 spiro atoms. The normalized spacial score (nSPS) is 11.8.